The standard InChI is InChI=1S/C56H58N2/c1-6-9-11-23-45(8-3)46-35-38-50(39-36-46)58(49-26-18-21-42(4)32-37-49)51-27-19-22-44(40-51)33-34-47-24-12-10-13-31-55(47)57(43(5)20-7-2)56-41-48-25-14-15-28-52(48)53-29-16-17-30-54(53)56/h6-9,11,13-17,19-23,25-32,35-41,48,52H,5,10,12,18,24,33-34H2,1-4H3/b9-6-,20-7-,23-11-,45-8+. The number of aryl methyl sites for hydroxylation is 1. The van der Waals surface area contributed by atoms with Crippen molar-refractivity contribution < 1.29 is 0 Å². The minimum atomic E-state index is 0.305. The van der Waals surface area contributed by atoms with E-state index in [9.17, 15) is 0 Å². The first-order chi connectivity index (χ1) is 28.5. The number of nitrogens with zero attached hydrogens (tertiary/aromatic N) is 2. The summed E-state index contributed by atoms with van der Waals surface area (Å²) in [7, 11) is 0. The molecule has 0 saturated carbocycles. The molecule has 0 amide bonds. The van der Waals surface area contributed by atoms with Crippen LogP contribution in [0.25, 0.3) is 11.3 Å². The Morgan fingerprint density at radius 3 is 2.48 bits per heavy atom. The fraction of sp³-hybridized carbons (Fsp3) is 0.214. The van der Waals surface area contributed by atoms with Crippen molar-refractivity contribution in [3.8, 4) is 0 Å². The summed E-state index contributed by atoms with van der Waals surface area (Å²) < 4.78 is 0. The second-order valence-electron chi connectivity index (χ2n) is 15.4. The lowest BCUT2D eigenvalue weighted by Gasteiger charge is -2.38. The average molecular weight is 759 g/mol. The quantitative estimate of drug-likeness (QED) is 0.160. The van der Waals surface area contributed by atoms with E-state index in [0.29, 0.717) is 11.8 Å². The van der Waals surface area contributed by atoms with Gasteiger partial charge in [0, 0.05) is 45.9 Å². The van der Waals surface area contributed by atoms with Gasteiger partial charge in [0.25, 0.3) is 0 Å². The molecule has 0 aliphatic heterocycles. The number of rotatable bonds is 13. The zero-order chi connectivity index (χ0) is 40.3. The van der Waals surface area contributed by atoms with Crippen LogP contribution in [0.5, 0.6) is 0 Å². The third-order valence-electron chi connectivity index (χ3n) is 11.5. The molecule has 0 saturated heterocycles. The topological polar surface area (TPSA) is 6.48 Å². The third kappa shape index (κ3) is 9.19. The van der Waals surface area contributed by atoms with Crippen molar-refractivity contribution in [2.24, 2.45) is 5.92 Å². The summed E-state index contributed by atoms with van der Waals surface area (Å²) in [5.74, 6) is 0.657. The number of hydrogen-bond donors (Lipinski definition) is 0. The van der Waals surface area contributed by atoms with E-state index in [1.807, 2.05) is 6.92 Å². The lowest BCUT2D eigenvalue weighted by Crippen LogP contribution is -2.26. The zero-order valence-electron chi connectivity index (χ0n) is 34.8. The van der Waals surface area contributed by atoms with Gasteiger partial charge < -0.3 is 9.80 Å². The molecule has 0 spiro atoms. The Morgan fingerprint density at radius 1 is 0.810 bits per heavy atom. The van der Waals surface area contributed by atoms with Gasteiger partial charge in [0.15, 0.2) is 0 Å². The van der Waals surface area contributed by atoms with Gasteiger partial charge >= 0.3 is 0 Å². The highest BCUT2D eigenvalue weighted by Crippen LogP contribution is 2.45. The lowest BCUT2D eigenvalue weighted by molar-refractivity contribution is 0.591. The number of benzene rings is 3. The third-order valence-corrected chi connectivity index (χ3v) is 11.5. The second kappa shape index (κ2) is 19.4. The summed E-state index contributed by atoms with van der Waals surface area (Å²) in [6.45, 7) is 13.1. The molecule has 0 heterocycles. The fourth-order valence-electron chi connectivity index (χ4n) is 8.56. The maximum atomic E-state index is 4.68. The monoisotopic (exact) mass is 758 g/mol. The summed E-state index contributed by atoms with van der Waals surface area (Å²) in [5, 5.41) is 0. The van der Waals surface area contributed by atoms with Crippen LogP contribution in [0.1, 0.15) is 88.0 Å². The van der Waals surface area contributed by atoms with Crippen LogP contribution in [0.2, 0.25) is 0 Å². The lowest BCUT2D eigenvalue weighted by atomic mass is 9.75. The van der Waals surface area contributed by atoms with Crippen molar-refractivity contribution in [2.75, 3.05) is 4.90 Å². The largest absolute Gasteiger partial charge is 0.311 e. The van der Waals surface area contributed by atoms with Crippen molar-refractivity contribution in [1.29, 1.82) is 0 Å². The van der Waals surface area contributed by atoms with E-state index >= 15 is 0 Å². The second-order valence-corrected chi connectivity index (χ2v) is 15.4. The number of allylic oxidation sites excluding steroid dienone is 21. The van der Waals surface area contributed by atoms with Gasteiger partial charge in [0.2, 0.25) is 0 Å². The summed E-state index contributed by atoms with van der Waals surface area (Å²) in [6.07, 6.45) is 46.4. The number of anilines is 2. The molecule has 2 unspecified atom stereocenters. The molecule has 0 radical (unpaired) electrons. The van der Waals surface area contributed by atoms with E-state index < -0.39 is 0 Å². The predicted molar refractivity (Wildman–Crippen MR) is 251 cm³/mol. The highest BCUT2D eigenvalue weighted by molar-refractivity contribution is 5.78. The predicted octanol–water partition coefficient (Wildman–Crippen LogP) is 15.3. The van der Waals surface area contributed by atoms with Gasteiger partial charge in [-0.3, -0.25) is 0 Å². The Hall–Kier alpha value is -6.12. The first kappa shape index (κ1) is 40.1. The van der Waals surface area contributed by atoms with E-state index in [4.69, 9.17) is 0 Å². The molecule has 4 aliphatic carbocycles. The van der Waals surface area contributed by atoms with Crippen LogP contribution in [0.4, 0.5) is 11.4 Å². The molecule has 7 rings (SSSR count). The van der Waals surface area contributed by atoms with Crippen molar-refractivity contribution in [3.63, 3.8) is 0 Å². The molecule has 2 atom stereocenters. The molecular weight excluding hydrogens is 701 g/mol. The van der Waals surface area contributed by atoms with Crippen molar-refractivity contribution >= 4 is 22.6 Å². The molecule has 3 aromatic rings. The Balaban J connectivity index is 1.23. The van der Waals surface area contributed by atoms with Crippen molar-refractivity contribution in [3.05, 3.63) is 239 Å². The minimum Gasteiger partial charge on any atom is -0.311 e. The molecule has 2 nitrogen and oxygen atoms in total. The highest BCUT2D eigenvalue weighted by Gasteiger charge is 2.32. The number of hydrogen-bond acceptors (Lipinski definition) is 2. The van der Waals surface area contributed by atoms with Gasteiger partial charge in [0.1, 0.15) is 0 Å². The summed E-state index contributed by atoms with van der Waals surface area (Å²) in [5.41, 5.74) is 16.2. The molecule has 0 aromatic heterocycles. The molecule has 4 aliphatic rings. The van der Waals surface area contributed by atoms with Crippen LogP contribution >= 0.6 is 0 Å². The van der Waals surface area contributed by atoms with Crippen molar-refractivity contribution in [2.45, 2.75) is 72.1 Å². The highest BCUT2D eigenvalue weighted by atomic mass is 15.2. The van der Waals surface area contributed by atoms with Gasteiger partial charge in [-0.25, -0.2) is 0 Å². The molecule has 0 fully saturated rings. The smallest absolute Gasteiger partial charge is 0.0503 e. The van der Waals surface area contributed by atoms with Crippen LogP contribution < -0.4 is 4.90 Å². The molecule has 0 N–H and O–H groups in total. The first-order valence-electron chi connectivity index (χ1n) is 21.2. The summed E-state index contributed by atoms with van der Waals surface area (Å²) >= 11 is 0. The van der Waals surface area contributed by atoms with Gasteiger partial charge in [-0.05, 0) is 137 Å². The molecule has 3 aromatic carbocycles. The summed E-state index contributed by atoms with van der Waals surface area (Å²) in [6, 6.07) is 27.2. The number of fused-ring (bicyclic) bond motifs is 3. The average Bonchev–Trinajstić information content (AvgIpc) is 3.62. The van der Waals surface area contributed by atoms with E-state index in [1.165, 1.54) is 61.8 Å². The van der Waals surface area contributed by atoms with Crippen LogP contribution in [0.15, 0.2) is 217 Å². The molecule has 292 valence electrons. The Morgan fingerprint density at radius 2 is 1.66 bits per heavy atom. The SMILES string of the molecule is C=C(/C=C\C)N(C1=CC2C=CC=CC2c2ccccc21)C1=C(CCc2cccc(N(C3=CCC=C(C)C=C3)c3ccc(C(/C=C\C=C/C)=C/C)cc3)c2)CCCC=C1. The minimum absolute atomic E-state index is 0.305. The van der Waals surface area contributed by atoms with Gasteiger partial charge in [-0.15, -0.1) is 0 Å². The Kier molecular flexibility index (Phi) is 13.4. The van der Waals surface area contributed by atoms with Crippen LogP contribution in [0.3, 0.4) is 0 Å². The fourth-order valence-corrected chi connectivity index (χ4v) is 8.56. The first-order valence-corrected chi connectivity index (χ1v) is 21.2. The van der Waals surface area contributed by atoms with Gasteiger partial charge in [0.05, 0.1) is 5.70 Å². The van der Waals surface area contributed by atoms with Gasteiger partial charge in [-0.1, -0.05) is 152 Å². The van der Waals surface area contributed by atoms with Gasteiger partial charge in [-0.2, -0.15) is 0 Å². The molecule has 0 bridgehead atoms. The molecular formula is C56H58N2. The Bertz CT molecular complexity index is 2350. The molecule has 58 heavy (non-hydrogen) atoms. The van der Waals surface area contributed by atoms with Crippen LogP contribution in [-0.2, 0) is 6.42 Å². The summed E-state index contributed by atoms with van der Waals surface area (Å²) in [4.78, 5) is 4.87. The van der Waals surface area contributed by atoms with Crippen LogP contribution in [-0.4, -0.2) is 4.90 Å². The van der Waals surface area contributed by atoms with Crippen molar-refractivity contribution in [1.82, 2.24) is 4.90 Å². The molecule has 2 heteroatoms. The van der Waals surface area contributed by atoms with E-state index in [2.05, 4.69) is 219 Å². The zero-order valence-corrected chi connectivity index (χ0v) is 34.8. The van der Waals surface area contributed by atoms with E-state index in [1.54, 1.807) is 0 Å². The maximum absolute atomic E-state index is 4.68. The van der Waals surface area contributed by atoms with E-state index in [0.717, 1.165) is 49.9 Å². The Labute approximate surface area is 348 Å². The van der Waals surface area contributed by atoms with Crippen LogP contribution in [0, 0.1) is 5.92 Å². The normalized spacial score (nSPS) is 19.2. The maximum Gasteiger partial charge on any atom is 0.0503 e. The van der Waals surface area contributed by atoms with E-state index in [-0.39, 0.29) is 0 Å².